The van der Waals surface area contributed by atoms with Crippen LogP contribution in [0.4, 0.5) is 5.69 Å². The van der Waals surface area contributed by atoms with E-state index in [0.717, 1.165) is 24.6 Å². The third-order valence-electron chi connectivity index (χ3n) is 3.29. The lowest BCUT2D eigenvalue weighted by atomic mass is 10.2. The molecule has 96 valence electrons. The van der Waals surface area contributed by atoms with E-state index in [2.05, 4.69) is 47.4 Å². The summed E-state index contributed by atoms with van der Waals surface area (Å²) in [7, 11) is 0. The van der Waals surface area contributed by atoms with Gasteiger partial charge in [0.2, 0.25) is 0 Å². The fourth-order valence-electron chi connectivity index (χ4n) is 2.37. The summed E-state index contributed by atoms with van der Waals surface area (Å²) in [5.41, 5.74) is 2.48. The van der Waals surface area contributed by atoms with Crippen molar-refractivity contribution in [3.05, 3.63) is 60.2 Å². The number of nitrogens with zero attached hydrogens (tertiary/aromatic N) is 1. The minimum atomic E-state index is 0.717. The van der Waals surface area contributed by atoms with Crippen LogP contribution in [-0.2, 0) is 6.42 Å². The standard InChI is InChI=1S/C16H16N2S/c17-16-12-13-6-4-5-9-15(13)18(16)10-11-19-14-7-2-1-3-8-14/h1-9,17H,10-12H2. The maximum Gasteiger partial charge on any atom is 0.105 e. The lowest BCUT2D eigenvalue weighted by Gasteiger charge is -2.19. The number of nitrogens with one attached hydrogen (secondary N) is 1. The Balaban J connectivity index is 1.63. The SMILES string of the molecule is N=C1Cc2ccccc2N1CCSc1ccccc1. The molecular weight excluding hydrogens is 252 g/mol. The maximum atomic E-state index is 8.09. The highest BCUT2D eigenvalue weighted by atomic mass is 32.2. The summed E-state index contributed by atoms with van der Waals surface area (Å²) in [6, 6.07) is 18.8. The molecule has 3 heteroatoms. The smallest absolute Gasteiger partial charge is 0.105 e. The summed E-state index contributed by atoms with van der Waals surface area (Å²) in [5, 5.41) is 8.09. The van der Waals surface area contributed by atoms with Crippen molar-refractivity contribution in [2.24, 2.45) is 0 Å². The van der Waals surface area contributed by atoms with E-state index < -0.39 is 0 Å². The Labute approximate surface area is 118 Å². The molecule has 2 aromatic rings. The quantitative estimate of drug-likeness (QED) is 0.853. The van der Waals surface area contributed by atoms with Crippen LogP contribution >= 0.6 is 11.8 Å². The number of rotatable bonds is 4. The van der Waals surface area contributed by atoms with Gasteiger partial charge >= 0.3 is 0 Å². The number of anilines is 1. The van der Waals surface area contributed by atoms with Gasteiger partial charge < -0.3 is 4.90 Å². The van der Waals surface area contributed by atoms with E-state index in [1.807, 2.05) is 23.9 Å². The minimum Gasteiger partial charge on any atom is -0.329 e. The van der Waals surface area contributed by atoms with Crippen LogP contribution in [0.3, 0.4) is 0 Å². The van der Waals surface area contributed by atoms with Gasteiger partial charge in [0.25, 0.3) is 0 Å². The van der Waals surface area contributed by atoms with E-state index in [-0.39, 0.29) is 0 Å². The molecule has 0 unspecified atom stereocenters. The van der Waals surface area contributed by atoms with Crippen molar-refractivity contribution in [1.29, 1.82) is 5.41 Å². The van der Waals surface area contributed by atoms with Crippen molar-refractivity contribution in [2.75, 3.05) is 17.2 Å². The Morgan fingerprint density at radius 1 is 1.00 bits per heavy atom. The molecule has 19 heavy (non-hydrogen) atoms. The number of benzene rings is 2. The first-order chi connectivity index (χ1) is 9.34. The second-order valence-corrected chi connectivity index (χ2v) is 5.73. The van der Waals surface area contributed by atoms with Crippen molar-refractivity contribution in [2.45, 2.75) is 11.3 Å². The van der Waals surface area contributed by atoms with Crippen LogP contribution in [-0.4, -0.2) is 18.1 Å². The molecule has 3 rings (SSSR count). The number of hydrogen-bond acceptors (Lipinski definition) is 2. The molecule has 0 radical (unpaired) electrons. The predicted molar refractivity (Wildman–Crippen MR) is 82.4 cm³/mol. The van der Waals surface area contributed by atoms with E-state index >= 15 is 0 Å². The average molecular weight is 268 g/mol. The van der Waals surface area contributed by atoms with Crippen LogP contribution in [0.1, 0.15) is 5.56 Å². The molecule has 0 fully saturated rings. The minimum absolute atomic E-state index is 0.717. The van der Waals surface area contributed by atoms with E-state index in [9.17, 15) is 0 Å². The summed E-state index contributed by atoms with van der Waals surface area (Å²) >= 11 is 1.85. The molecule has 0 atom stereocenters. The third kappa shape index (κ3) is 2.66. The van der Waals surface area contributed by atoms with Gasteiger partial charge in [0.1, 0.15) is 5.84 Å². The largest absolute Gasteiger partial charge is 0.329 e. The first-order valence-corrected chi connectivity index (χ1v) is 7.44. The Morgan fingerprint density at radius 2 is 1.74 bits per heavy atom. The van der Waals surface area contributed by atoms with Crippen LogP contribution in [0.25, 0.3) is 0 Å². The zero-order chi connectivity index (χ0) is 13.1. The molecule has 0 saturated heterocycles. The molecule has 1 aliphatic heterocycles. The van der Waals surface area contributed by atoms with Crippen LogP contribution in [0.2, 0.25) is 0 Å². The summed E-state index contributed by atoms with van der Waals surface area (Å²) in [6.45, 7) is 0.898. The molecular formula is C16H16N2S. The van der Waals surface area contributed by atoms with Gasteiger partial charge in [-0.1, -0.05) is 36.4 Å². The Hall–Kier alpha value is -1.74. The predicted octanol–water partition coefficient (Wildman–Crippen LogP) is 3.82. The number of amidine groups is 1. The van der Waals surface area contributed by atoms with Gasteiger partial charge in [0, 0.05) is 29.3 Å². The highest BCUT2D eigenvalue weighted by Crippen LogP contribution is 2.29. The summed E-state index contributed by atoms with van der Waals surface area (Å²) in [6.07, 6.45) is 0.770. The highest BCUT2D eigenvalue weighted by Gasteiger charge is 2.22. The molecule has 0 spiro atoms. The summed E-state index contributed by atoms with van der Waals surface area (Å²) in [5.74, 6) is 1.72. The van der Waals surface area contributed by atoms with Gasteiger partial charge in [-0.2, -0.15) is 0 Å². The molecule has 2 aromatic carbocycles. The topological polar surface area (TPSA) is 27.1 Å². The highest BCUT2D eigenvalue weighted by molar-refractivity contribution is 7.99. The fourth-order valence-corrected chi connectivity index (χ4v) is 3.23. The normalized spacial score (nSPS) is 13.7. The number of fused-ring (bicyclic) bond motifs is 1. The van der Waals surface area contributed by atoms with Gasteiger partial charge in [-0.3, -0.25) is 5.41 Å². The maximum absolute atomic E-state index is 8.09. The van der Waals surface area contributed by atoms with Crippen LogP contribution in [0, 0.1) is 5.41 Å². The summed E-state index contributed by atoms with van der Waals surface area (Å²) in [4.78, 5) is 3.42. The van der Waals surface area contributed by atoms with Gasteiger partial charge in [0.05, 0.1) is 0 Å². The van der Waals surface area contributed by atoms with Crippen molar-refractivity contribution in [3.8, 4) is 0 Å². The molecule has 2 nitrogen and oxygen atoms in total. The Bertz CT molecular complexity index is 580. The first kappa shape index (κ1) is 12.3. The second-order valence-electron chi connectivity index (χ2n) is 4.57. The lowest BCUT2D eigenvalue weighted by molar-refractivity contribution is 1.07. The van der Waals surface area contributed by atoms with Crippen LogP contribution < -0.4 is 4.90 Å². The fraction of sp³-hybridized carbons (Fsp3) is 0.188. The first-order valence-electron chi connectivity index (χ1n) is 6.45. The number of hydrogen-bond donors (Lipinski definition) is 1. The van der Waals surface area contributed by atoms with Gasteiger partial charge in [-0.15, -0.1) is 11.8 Å². The van der Waals surface area contributed by atoms with E-state index in [0.29, 0.717) is 0 Å². The molecule has 1 aliphatic rings. The van der Waals surface area contributed by atoms with Crippen molar-refractivity contribution < 1.29 is 0 Å². The molecule has 1 heterocycles. The lowest BCUT2D eigenvalue weighted by Crippen LogP contribution is -2.28. The zero-order valence-corrected chi connectivity index (χ0v) is 11.5. The Morgan fingerprint density at radius 3 is 2.58 bits per heavy atom. The van der Waals surface area contributed by atoms with Crippen molar-refractivity contribution >= 4 is 23.3 Å². The van der Waals surface area contributed by atoms with Gasteiger partial charge in [-0.05, 0) is 23.8 Å². The van der Waals surface area contributed by atoms with Crippen molar-refractivity contribution in [1.82, 2.24) is 0 Å². The second kappa shape index (κ2) is 5.49. The summed E-state index contributed by atoms with van der Waals surface area (Å²) < 4.78 is 0. The monoisotopic (exact) mass is 268 g/mol. The Kier molecular flexibility index (Phi) is 3.56. The molecule has 1 N–H and O–H groups in total. The van der Waals surface area contributed by atoms with E-state index in [4.69, 9.17) is 5.41 Å². The van der Waals surface area contributed by atoms with Crippen LogP contribution in [0.5, 0.6) is 0 Å². The number of thioether (sulfide) groups is 1. The van der Waals surface area contributed by atoms with Gasteiger partial charge in [0.15, 0.2) is 0 Å². The zero-order valence-electron chi connectivity index (χ0n) is 10.7. The van der Waals surface area contributed by atoms with E-state index in [1.54, 1.807) is 0 Å². The van der Waals surface area contributed by atoms with Crippen molar-refractivity contribution in [3.63, 3.8) is 0 Å². The molecule has 0 saturated carbocycles. The van der Waals surface area contributed by atoms with Gasteiger partial charge in [-0.25, -0.2) is 0 Å². The average Bonchev–Trinajstić information content (AvgIpc) is 2.76. The number of para-hydroxylation sites is 1. The molecule has 0 aliphatic carbocycles. The van der Waals surface area contributed by atoms with E-state index in [1.165, 1.54) is 16.1 Å². The molecule has 0 amide bonds. The molecule has 0 bridgehead atoms. The third-order valence-corrected chi connectivity index (χ3v) is 4.29. The molecule has 0 aromatic heterocycles. The van der Waals surface area contributed by atoms with Crippen LogP contribution in [0.15, 0.2) is 59.5 Å².